The maximum absolute atomic E-state index is 13.1. The predicted octanol–water partition coefficient (Wildman–Crippen LogP) is -2.13. The highest BCUT2D eigenvalue weighted by Gasteiger charge is 2.51. The van der Waals surface area contributed by atoms with Crippen molar-refractivity contribution in [1.29, 1.82) is 0 Å². The molecule has 15 heteroatoms. The van der Waals surface area contributed by atoms with E-state index in [4.69, 9.17) is 23.4 Å². The van der Waals surface area contributed by atoms with E-state index in [9.17, 15) is 50.8 Å². The summed E-state index contributed by atoms with van der Waals surface area (Å²) in [5.74, 6) is -0.659. The standard InChI is InChI=1S/C27H30O15/c28-7-16-20(33)21(34)23(36)27(40-16)42-25-17(8-29)41-26(24(37)22(25)35)39-12-5-14(31)18-15(6-12)38-9-13(19(18)32)10-1-3-11(30)4-2-10/h1-6,9,16-17,20-31,33-37H,7-8H2/t16-,17-,20-,21+,22-,23-,24-,25-,26-,27+/m1/s1. The molecule has 2 aliphatic rings. The molecule has 5 rings (SSSR count). The summed E-state index contributed by atoms with van der Waals surface area (Å²) in [6.45, 7) is -1.50. The number of aliphatic hydroxyl groups excluding tert-OH is 7. The zero-order valence-corrected chi connectivity index (χ0v) is 21.7. The highest BCUT2D eigenvalue weighted by Crippen LogP contribution is 2.34. The molecular weight excluding hydrogens is 564 g/mol. The molecule has 228 valence electrons. The number of benzene rings is 2. The van der Waals surface area contributed by atoms with E-state index in [0.29, 0.717) is 5.56 Å². The summed E-state index contributed by atoms with van der Waals surface area (Å²) in [6.07, 6.45) is -15.2. The van der Waals surface area contributed by atoms with Gasteiger partial charge in [0.15, 0.2) is 6.29 Å². The maximum atomic E-state index is 13.1. The molecule has 3 aromatic rings. The molecule has 0 spiro atoms. The number of aliphatic hydroxyl groups is 7. The fraction of sp³-hybridized carbons (Fsp3) is 0.444. The third kappa shape index (κ3) is 5.55. The van der Waals surface area contributed by atoms with Crippen LogP contribution in [0.5, 0.6) is 17.2 Å². The van der Waals surface area contributed by atoms with Crippen LogP contribution >= 0.6 is 0 Å². The van der Waals surface area contributed by atoms with Gasteiger partial charge in [0.1, 0.15) is 83.3 Å². The van der Waals surface area contributed by atoms with Gasteiger partial charge in [-0.05, 0) is 17.7 Å². The number of hydrogen-bond acceptors (Lipinski definition) is 15. The zero-order chi connectivity index (χ0) is 30.3. The van der Waals surface area contributed by atoms with Gasteiger partial charge >= 0.3 is 0 Å². The summed E-state index contributed by atoms with van der Waals surface area (Å²) in [7, 11) is 0. The van der Waals surface area contributed by atoms with Gasteiger partial charge in [-0.15, -0.1) is 0 Å². The molecule has 10 atom stereocenters. The topological polar surface area (TPSA) is 249 Å². The van der Waals surface area contributed by atoms with Crippen molar-refractivity contribution >= 4 is 11.0 Å². The third-order valence-corrected chi connectivity index (χ3v) is 7.22. The Morgan fingerprint density at radius 1 is 0.762 bits per heavy atom. The maximum Gasteiger partial charge on any atom is 0.229 e. The van der Waals surface area contributed by atoms with Crippen LogP contribution in [0.15, 0.2) is 51.9 Å². The first-order chi connectivity index (χ1) is 20.0. The van der Waals surface area contributed by atoms with Crippen LogP contribution in [0.1, 0.15) is 0 Å². The van der Waals surface area contributed by atoms with Gasteiger partial charge in [-0.2, -0.15) is 0 Å². The molecule has 2 aliphatic heterocycles. The second-order valence-electron chi connectivity index (χ2n) is 9.96. The minimum absolute atomic E-state index is 0.000932. The lowest BCUT2D eigenvalue weighted by atomic mass is 9.97. The minimum atomic E-state index is -1.83. The Morgan fingerprint density at radius 2 is 1.40 bits per heavy atom. The number of fused-ring (bicyclic) bond motifs is 1. The van der Waals surface area contributed by atoms with Crippen LogP contribution in [0.2, 0.25) is 0 Å². The smallest absolute Gasteiger partial charge is 0.229 e. The molecule has 3 heterocycles. The Kier molecular flexibility index (Phi) is 8.68. The van der Waals surface area contributed by atoms with E-state index < -0.39 is 85.8 Å². The second kappa shape index (κ2) is 12.1. The summed E-state index contributed by atoms with van der Waals surface area (Å²) in [6, 6.07) is 8.08. The van der Waals surface area contributed by atoms with Gasteiger partial charge in [0, 0.05) is 12.1 Å². The average Bonchev–Trinajstić information content (AvgIpc) is 2.97. The highest BCUT2D eigenvalue weighted by molar-refractivity contribution is 5.88. The van der Waals surface area contributed by atoms with Gasteiger partial charge in [-0.1, -0.05) is 12.1 Å². The van der Waals surface area contributed by atoms with Crippen molar-refractivity contribution in [2.75, 3.05) is 13.2 Å². The van der Waals surface area contributed by atoms with E-state index in [1.807, 2.05) is 0 Å². The number of aromatic hydroxyl groups is 2. The molecule has 0 aliphatic carbocycles. The van der Waals surface area contributed by atoms with Crippen LogP contribution in [-0.4, -0.2) is 121 Å². The Bertz CT molecular complexity index is 1440. The number of phenols is 2. The Hall–Kier alpha value is -3.35. The lowest BCUT2D eigenvalue weighted by Gasteiger charge is -2.45. The van der Waals surface area contributed by atoms with Crippen molar-refractivity contribution in [3.63, 3.8) is 0 Å². The van der Waals surface area contributed by atoms with E-state index >= 15 is 0 Å². The summed E-state index contributed by atoms with van der Waals surface area (Å²) in [4.78, 5) is 13.1. The molecular formula is C27H30O15. The quantitative estimate of drug-likeness (QED) is 0.142. The SMILES string of the molecule is O=c1c(-c2ccc(O)cc2)coc2cc(O[C@@H]3O[C@H](CO)[C@@H](O[C@@H]4O[C@H](CO)[C@@H](O)[C@H](O)[C@H]4O)[C@H](O)[C@H]3O)cc(O)c12. The molecule has 9 N–H and O–H groups in total. The lowest BCUT2D eigenvalue weighted by Crippen LogP contribution is -2.65. The number of rotatable bonds is 7. The van der Waals surface area contributed by atoms with Crippen molar-refractivity contribution < 1.29 is 69.3 Å². The van der Waals surface area contributed by atoms with Gasteiger partial charge in [0.2, 0.25) is 11.7 Å². The van der Waals surface area contributed by atoms with E-state index in [0.717, 1.165) is 6.07 Å². The molecule has 2 aromatic carbocycles. The van der Waals surface area contributed by atoms with E-state index in [2.05, 4.69) is 0 Å². The zero-order valence-electron chi connectivity index (χ0n) is 21.7. The fourth-order valence-corrected chi connectivity index (χ4v) is 4.90. The van der Waals surface area contributed by atoms with Gasteiger partial charge in [0.25, 0.3) is 0 Å². The Morgan fingerprint density at radius 3 is 2.07 bits per heavy atom. The van der Waals surface area contributed by atoms with Crippen LogP contribution in [0, 0.1) is 0 Å². The highest BCUT2D eigenvalue weighted by atomic mass is 16.7. The number of phenolic OH excluding ortho intramolecular Hbond substituents is 2. The molecule has 0 amide bonds. The molecule has 0 radical (unpaired) electrons. The van der Waals surface area contributed by atoms with Crippen LogP contribution < -0.4 is 10.2 Å². The molecule has 2 saturated heterocycles. The molecule has 0 unspecified atom stereocenters. The Labute approximate surface area is 236 Å². The van der Waals surface area contributed by atoms with Crippen molar-refractivity contribution in [2.24, 2.45) is 0 Å². The summed E-state index contributed by atoms with van der Waals surface area (Å²) in [5, 5.41) is 91.0. The van der Waals surface area contributed by atoms with Gasteiger partial charge < -0.3 is 69.3 Å². The van der Waals surface area contributed by atoms with Crippen LogP contribution in [0.25, 0.3) is 22.1 Å². The van der Waals surface area contributed by atoms with Crippen molar-refractivity contribution in [3.05, 3.63) is 52.9 Å². The summed E-state index contributed by atoms with van der Waals surface area (Å²) in [5.41, 5.74) is -0.0851. The monoisotopic (exact) mass is 594 g/mol. The first-order valence-electron chi connectivity index (χ1n) is 12.9. The van der Waals surface area contributed by atoms with Gasteiger partial charge in [0.05, 0.1) is 18.8 Å². The molecule has 0 saturated carbocycles. The van der Waals surface area contributed by atoms with E-state index in [1.54, 1.807) is 0 Å². The lowest BCUT2D eigenvalue weighted by molar-refractivity contribution is -0.352. The fourth-order valence-electron chi connectivity index (χ4n) is 4.90. The first kappa shape index (κ1) is 30.1. The van der Waals surface area contributed by atoms with Crippen LogP contribution in [0.3, 0.4) is 0 Å². The molecule has 1 aromatic heterocycles. The van der Waals surface area contributed by atoms with Crippen LogP contribution in [0.4, 0.5) is 0 Å². The summed E-state index contributed by atoms with van der Waals surface area (Å²) >= 11 is 0. The van der Waals surface area contributed by atoms with Gasteiger partial charge in [-0.3, -0.25) is 4.79 Å². The molecule has 15 nitrogen and oxygen atoms in total. The van der Waals surface area contributed by atoms with Crippen molar-refractivity contribution in [3.8, 4) is 28.4 Å². The number of ether oxygens (including phenoxy) is 4. The third-order valence-electron chi connectivity index (χ3n) is 7.22. The Balaban J connectivity index is 1.34. The number of hydrogen-bond donors (Lipinski definition) is 9. The molecule has 0 bridgehead atoms. The first-order valence-corrected chi connectivity index (χ1v) is 12.9. The summed E-state index contributed by atoms with van der Waals surface area (Å²) < 4.78 is 27.5. The van der Waals surface area contributed by atoms with Gasteiger partial charge in [-0.25, -0.2) is 0 Å². The largest absolute Gasteiger partial charge is 0.508 e. The average molecular weight is 595 g/mol. The normalized spacial score (nSPS) is 33.5. The second-order valence-corrected chi connectivity index (χ2v) is 9.96. The minimum Gasteiger partial charge on any atom is -0.508 e. The predicted molar refractivity (Wildman–Crippen MR) is 138 cm³/mol. The van der Waals surface area contributed by atoms with Crippen molar-refractivity contribution in [1.82, 2.24) is 0 Å². The van der Waals surface area contributed by atoms with E-state index in [-0.39, 0.29) is 28.0 Å². The molecule has 2 fully saturated rings. The van der Waals surface area contributed by atoms with Crippen LogP contribution in [-0.2, 0) is 14.2 Å². The molecule has 42 heavy (non-hydrogen) atoms. The van der Waals surface area contributed by atoms with Crippen molar-refractivity contribution in [2.45, 2.75) is 61.4 Å². The van der Waals surface area contributed by atoms with E-state index in [1.165, 1.54) is 36.6 Å².